The number of nitro benzene ring substituents is 1. The second-order valence-corrected chi connectivity index (χ2v) is 3.96. The number of benzene rings is 1. The van der Waals surface area contributed by atoms with Gasteiger partial charge in [-0.2, -0.15) is 5.10 Å². The number of hydrazone groups is 1. The molecule has 0 aliphatic carbocycles. The fraction of sp³-hybridized carbons (Fsp3) is 0.182. The summed E-state index contributed by atoms with van der Waals surface area (Å²) in [7, 11) is 2.71. The van der Waals surface area contributed by atoms with Crippen molar-refractivity contribution in [3.05, 3.63) is 34.1 Å². The molecule has 0 unspecified atom stereocenters. The van der Waals surface area contributed by atoms with Gasteiger partial charge in [-0.25, -0.2) is 10.1 Å². The number of aromatic nitrogens is 3. The third-order valence-electron chi connectivity index (χ3n) is 2.63. The van der Waals surface area contributed by atoms with Crippen molar-refractivity contribution in [2.24, 2.45) is 5.10 Å². The smallest absolute Gasteiger partial charge is 0.315 e. The van der Waals surface area contributed by atoms with Crippen LogP contribution in [0.25, 0.3) is 0 Å². The minimum Gasteiger partial charge on any atom is -0.493 e. The van der Waals surface area contributed by atoms with Crippen LogP contribution in [0.1, 0.15) is 5.56 Å². The second kappa shape index (κ2) is 6.39. The second-order valence-electron chi connectivity index (χ2n) is 3.96. The molecule has 11 heteroatoms. The van der Waals surface area contributed by atoms with E-state index in [1.807, 2.05) is 0 Å². The number of nitrogen functional groups attached to an aromatic ring is 1. The van der Waals surface area contributed by atoms with Crippen molar-refractivity contribution in [3.63, 3.8) is 0 Å². The minimum atomic E-state index is -0.567. The lowest BCUT2D eigenvalue weighted by Crippen LogP contribution is -2.10. The maximum atomic E-state index is 11.1. The molecular formula is C11H13N7O4. The topological polar surface area (TPSA) is 143 Å². The van der Waals surface area contributed by atoms with Crippen molar-refractivity contribution in [1.29, 1.82) is 0 Å². The van der Waals surface area contributed by atoms with Gasteiger partial charge in [-0.1, -0.05) is 0 Å². The maximum absolute atomic E-state index is 11.1. The number of hydrogen-bond donors (Lipinski definition) is 2. The number of nitrogens with one attached hydrogen (secondary N) is 1. The summed E-state index contributed by atoms with van der Waals surface area (Å²) in [4.78, 5) is 10.5. The van der Waals surface area contributed by atoms with E-state index < -0.39 is 4.92 Å². The van der Waals surface area contributed by atoms with Gasteiger partial charge in [0.1, 0.15) is 6.33 Å². The Bertz CT molecular complexity index is 712. The highest BCUT2D eigenvalue weighted by Gasteiger charge is 2.21. The molecule has 0 atom stereocenters. The van der Waals surface area contributed by atoms with Gasteiger partial charge in [0.05, 0.1) is 25.4 Å². The summed E-state index contributed by atoms with van der Waals surface area (Å²) in [5.41, 5.74) is 2.75. The summed E-state index contributed by atoms with van der Waals surface area (Å²) in [6.45, 7) is 0. The molecule has 0 saturated heterocycles. The minimum absolute atomic E-state index is 0.0410. The van der Waals surface area contributed by atoms with E-state index in [0.29, 0.717) is 5.56 Å². The molecule has 0 aliphatic rings. The van der Waals surface area contributed by atoms with Crippen LogP contribution in [-0.4, -0.2) is 40.2 Å². The van der Waals surface area contributed by atoms with Gasteiger partial charge in [-0.3, -0.25) is 10.1 Å². The lowest BCUT2D eigenvalue weighted by Gasteiger charge is -2.08. The van der Waals surface area contributed by atoms with Crippen molar-refractivity contribution in [2.75, 3.05) is 25.5 Å². The largest absolute Gasteiger partial charge is 0.493 e. The summed E-state index contributed by atoms with van der Waals surface area (Å²) < 4.78 is 11.2. The van der Waals surface area contributed by atoms with Crippen molar-refractivity contribution in [2.45, 2.75) is 0 Å². The molecular weight excluding hydrogens is 294 g/mol. The highest BCUT2D eigenvalue weighted by atomic mass is 16.6. The zero-order valence-electron chi connectivity index (χ0n) is 11.8. The Morgan fingerprint density at radius 3 is 2.77 bits per heavy atom. The molecule has 1 heterocycles. The lowest BCUT2D eigenvalue weighted by atomic mass is 10.2. The Hall–Kier alpha value is -3.37. The summed E-state index contributed by atoms with van der Waals surface area (Å²) >= 11 is 0. The quantitative estimate of drug-likeness (QED) is 0.337. The fourth-order valence-electron chi connectivity index (χ4n) is 1.66. The molecule has 2 rings (SSSR count). The summed E-state index contributed by atoms with van der Waals surface area (Å²) in [5, 5.41) is 22.2. The predicted octanol–water partition coefficient (Wildman–Crippen LogP) is 0.363. The molecule has 0 spiro atoms. The van der Waals surface area contributed by atoms with Crippen molar-refractivity contribution >= 4 is 17.9 Å². The SMILES string of the molecule is COc1cc(C=NNc2nncn2N)cc([N+](=O)[O-])c1OC. The summed E-state index contributed by atoms with van der Waals surface area (Å²) in [6.07, 6.45) is 2.64. The number of hydrogen-bond acceptors (Lipinski definition) is 9. The predicted molar refractivity (Wildman–Crippen MR) is 77.6 cm³/mol. The van der Waals surface area contributed by atoms with Crippen LogP contribution in [0.15, 0.2) is 23.6 Å². The Kier molecular flexibility index (Phi) is 4.36. The summed E-state index contributed by atoms with van der Waals surface area (Å²) in [6, 6.07) is 2.85. The van der Waals surface area contributed by atoms with Crippen LogP contribution < -0.4 is 20.7 Å². The van der Waals surface area contributed by atoms with E-state index in [9.17, 15) is 10.1 Å². The van der Waals surface area contributed by atoms with Gasteiger partial charge in [0, 0.05) is 11.6 Å². The van der Waals surface area contributed by atoms with E-state index >= 15 is 0 Å². The molecule has 0 amide bonds. The Morgan fingerprint density at radius 2 is 2.23 bits per heavy atom. The van der Waals surface area contributed by atoms with Gasteiger partial charge >= 0.3 is 5.69 Å². The number of ether oxygens (including phenoxy) is 2. The van der Waals surface area contributed by atoms with E-state index in [0.717, 1.165) is 4.68 Å². The number of nitrogens with zero attached hydrogens (tertiary/aromatic N) is 5. The maximum Gasteiger partial charge on any atom is 0.315 e. The molecule has 22 heavy (non-hydrogen) atoms. The molecule has 0 saturated carbocycles. The van der Waals surface area contributed by atoms with Crippen LogP contribution in [-0.2, 0) is 0 Å². The molecule has 11 nitrogen and oxygen atoms in total. The van der Waals surface area contributed by atoms with Gasteiger partial charge in [0.15, 0.2) is 5.75 Å². The number of nitrogens with two attached hydrogens (primary N) is 1. The zero-order valence-corrected chi connectivity index (χ0v) is 11.8. The third-order valence-corrected chi connectivity index (χ3v) is 2.63. The Morgan fingerprint density at radius 1 is 1.45 bits per heavy atom. The first-order valence-electron chi connectivity index (χ1n) is 5.91. The number of methoxy groups -OCH3 is 2. The average molecular weight is 307 g/mol. The van der Waals surface area contributed by atoms with Crippen LogP contribution in [0.2, 0.25) is 0 Å². The Labute approximate surface area is 124 Å². The van der Waals surface area contributed by atoms with Gasteiger partial charge in [-0.05, 0) is 6.07 Å². The van der Waals surface area contributed by atoms with Crippen LogP contribution in [0.3, 0.4) is 0 Å². The van der Waals surface area contributed by atoms with E-state index in [1.54, 1.807) is 6.07 Å². The van der Waals surface area contributed by atoms with E-state index in [-0.39, 0.29) is 23.1 Å². The molecule has 1 aromatic heterocycles. The van der Waals surface area contributed by atoms with Crippen LogP contribution >= 0.6 is 0 Å². The molecule has 0 aliphatic heterocycles. The molecule has 0 radical (unpaired) electrons. The zero-order chi connectivity index (χ0) is 16.1. The molecule has 0 fully saturated rings. The van der Waals surface area contributed by atoms with Gasteiger partial charge in [0.25, 0.3) is 5.95 Å². The molecule has 2 aromatic rings. The fourth-order valence-corrected chi connectivity index (χ4v) is 1.66. The van der Waals surface area contributed by atoms with Crippen molar-refractivity contribution in [3.8, 4) is 11.5 Å². The van der Waals surface area contributed by atoms with Crippen LogP contribution in [0.5, 0.6) is 11.5 Å². The molecule has 1 aromatic carbocycles. The monoisotopic (exact) mass is 307 g/mol. The molecule has 116 valence electrons. The van der Waals surface area contributed by atoms with Crippen molar-refractivity contribution in [1.82, 2.24) is 14.9 Å². The highest BCUT2D eigenvalue weighted by molar-refractivity contribution is 5.83. The van der Waals surface area contributed by atoms with E-state index in [1.165, 1.54) is 32.8 Å². The highest BCUT2D eigenvalue weighted by Crippen LogP contribution is 2.37. The van der Waals surface area contributed by atoms with Gasteiger partial charge in [0.2, 0.25) is 5.75 Å². The lowest BCUT2D eigenvalue weighted by molar-refractivity contribution is -0.385. The number of nitro groups is 1. The first kappa shape index (κ1) is 15.0. The van der Waals surface area contributed by atoms with E-state index in [2.05, 4.69) is 20.7 Å². The average Bonchev–Trinajstić information content (AvgIpc) is 2.91. The standard InChI is InChI=1S/C11H13N7O4/c1-21-9-4-7(3-8(18(19)20)10(9)22-2)5-13-15-11-16-14-6-17(11)12/h3-6H,12H2,1-2H3,(H,15,16). The van der Waals surface area contributed by atoms with Gasteiger partial charge in [-0.15, -0.1) is 10.2 Å². The normalized spacial score (nSPS) is 10.6. The number of anilines is 1. The van der Waals surface area contributed by atoms with Crippen LogP contribution in [0, 0.1) is 10.1 Å². The number of rotatable bonds is 6. The van der Waals surface area contributed by atoms with Crippen molar-refractivity contribution < 1.29 is 14.4 Å². The van der Waals surface area contributed by atoms with E-state index in [4.69, 9.17) is 15.3 Å². The first-order chi connectivity index (χ1) is 10.6. The van der Waals surface area contributed by atoms with Gasteiger partial charge < -0.3 is 15.3 Å². The Balaban J connectivity index is 2.29. The third kappa shape index (κ3) is 3.03. The van der Waals surface area contributed by atoms with Crippen LogP contribution in [0.4, 0.5) is 11.6 Å². The molecule has 3 N–H and O–H groups in total. The molecule has 0 bridgehead atoms. The first-order valence-corrected chi connectivity index (χ1v) is 5.91. The summed E-state index contributed by atoms with van der Waals surface area (Å²) in [5.74, 6) is 5.97.